The monoisotopic (exact) mass is 360 g/mol. The van der Waals surface area contributed by atoms with E-state index in [1.807, 2.05) is 0 Å². The first-order chi connectivity index (χ1) is 11.8. The summed E-state index contributed by atoms with van der Waals surface area (Å²) in [6.07, 6.45) is 4.50. The lowest BCUT2D eigenvalue weighted by Gasteiger charge is -2.32. The minimum Gasteiger partial charge on any atom is -0.400 e. The molecule has 4 nitrogen and oxygen atoms in total. The fourth-order valence-corrected chi connectivity index (χ4v) is 3.57. The molecule has 1 saturated carbocycles. The van der Waals surface area contributed by atoms with Crippen molar-refractivity contribution in [3.8, 4) is 0 Å². The quantitative estimate of drug-likeness (QED) is 0.671. The van der Waals surface area contributed by atoms with Gasteiger partial charge in [0.15, 0.2) is 0 Å². The average Bonchev–Trinajstić information content (AvgIpc) is 2.79. The summed E-state index contributed by atoms with van der Waals surface area (Å²) < 4.78 is 24.7. The lowest BCUT2D eigenvalue weighted by atomic mass is 9.75. The number of rotatable bonds is 2. The van der Waals surface area contributed by atoms with E-state index in [-0.39, 0.29) is 36.6 Å². The van der Waals surface area contributed by atoms with E-state index in [1.54, 1.807) is 0 Å². The van der Waals surface area contributed by atoms with E-state index in [0.717, 1.165) is 12.8 Å². The van der Waals surface area contributed by atoms with Crippen molar-refractivity contribution in [3.63, 3.8) is 0 Å². The number of hydrogen-bond donors (Lipinski definition) is 0. The van der Waals surface area contributed by atoms with Gasteiger partial charge in [-0.2, -0.15) is 0 Å². The highest BCUT2D eigenvalue weighted by molar-refractivity contribution is 6.53. The zero-order valence-corrected chi connectivity index (χ0v) is 17.8. The van der Waals surface area contributed by atoms with Gasteiger partial charge in [0, 0.05) is 0 Å². The van der Waals surface area contributed by atoms with Crippen LogP contribution < -0.4 is 0 Å². The Bertz CT molecular complexity index is 533. The molecule has 2 saturated heterocycles. The van der Waals surface area contributed by atoms with Crippen molar-refractivity contribution < 1.29 is 18.6 Å². The van der Waals surface area contributed by atoms with Crippen LogP contribution in [-0.2, 0) is 18.6 Å². The summed E-state index contributed by atoms with van der Waals surface area (Å²) in [6.45, 7) is 16.7. The van der Waals surface area contributed by atoms with Crippen LogP contribution in [0.4, 0.5) is 0 Å². The Balaban J connectivity index is 1.79. The molecule has 0 aromatic carbocycles. The second kappa shape index (κ2) is 6.51. The third-order valence-corrected chi connectivity index (χ3v) is 6.77. The van der Waals surface area contributed by atoms with E-state index in [4.69, 9.17) is 18.6 Å². The van der Waals surface area contributed by atoms with Gasteiger partial charge in [0.1, 0.15) is 0 Å². The van der Waals surface area contributed by atoms with Crippen LogP contribution in [0.5, 0.6) is 0 Å². The lowest BCUT2D eigenvalue weighted by molar-refractivity contribution is 0.00578. The second-order valence-electron chi connectivity index (χ2n) is 9.84. The largest absolute Gasteiger partial charge is 0.487 e. The Hall–Kier alpha value is -0.550. The molecule has 0 atom stereocenters. The van der Waals surface area contributed by atoms with Crippen LogP contribution in [0.3, 0.4) is 0 Å². The molecule has 2 heterocycles. The van der Waals surface area contributed by atoms with Crippen LogP contribution in [0.2, 0.25) is 0 Å². The van der Waals surface area contributed by atoms with Gasteiger partial charge in [0.2, 0.25) is 0 Å². The van der Waals surface area contributed by atoms with Gasteiger partial charge in [0.05, 0.1) is 22.4 Å². The van der Waals surface area contributed by atoms with Gasteiger partial charge in [-0.1, -0.05) is 23.1 Å². The Labute approximate surface area is 160 Å². The van der Waals surface area contributed by atoms with Gasteiger partial charge in [-0.05, 0) is 81.1 Å². The third-order valence-electron chi connectivity index (χ3n) is 6.77. The molecule has 0 N–H and O–H groups in total. The first-order valence-electron chi connectivity index (χ1n) is 9.96. The molecule has 2 aliphatic heterocycles. The van der Waals surface area contributed by atoms with Crippen LogP contribution >= 0.6 is 0 Å². The molecule has 0 bridgehead atoms. The van der Waals surface area contributed by atoms with Crippen molar-refractivity contribution >= 4 is 14.2 Å². The molecule has 0 aromatic heterocycles. The topological polar surface area (TPSA) is 36.9 Å². The van der Waals surface area contributed by atoms with E-state index < -0.39 is 0 Å². The van der Waals surface area contributed by atoms with Gasteiger partial charge >= 0.3 is 14.2 Å². The van der Waals surface area contributed by atoms with E-state index in [1.165, 1.54) is 24.0 Å². The standard InChI is InChI=1S/C20H34B2O4/c1-17(2)18(3,4)24-21(23-17)13-15-11-9-10-12-16(15)14-22-25-19(5,6)20(7,8)26-22/h13-14H,9-12H2,1-8H3/b15-13+,16-14+. The molecule has 1 aliphatic carbocycles. The Morgan fingerprint density at radius 3 is 1.12 bits per heavy atom. The van der Waals surface area contributed by atoms with Crippen LogP contribution in [0, 0.1) is 0 Å². The van der Waals surface area contributed by atoms with Crippen LogP contribution in [-0.4, -0.2) is 36.6 Å². The molecule has 0 radical (unpaired) electrons. The van der Waals surface area contributed by atoms with Gasteiger partial charge in [0.25, 0.3) is 0 Å². The van der Waals surface area contributed by atoms with E-state index in [0.29, 0.717) is 0 Å². The van der Waals surface area contributed by atoms with E-state index in [9.17, 15) is 0 Å². The summed E-state index contributed by atoms with van der Waals surface area (Å²) in [5, 5.41) is 0. The fraction of sp³-hybridized carbons (Fsp3) is 0.800. The maximum Gasteiger partial charge on any atom is 0.487 e. The van der Waals surface area contributed by atoms with Gasteiger partial charge in [-0.25, -0.2) is 0 Å². The number of allylic oxidation sites excluding steroid dienone is 2. The predicted octanol–water partition coefficient (Wildman–Crippen LogP) is 4.68. The molecule has 0 spiro atoms. The Morgan fingerprint density at radius 2 is 0.846 bits per heavy atom. The molecule has 144 valence electrons. The molecule has 0 amide bonds. The summed E-state index contributed by atoms with van der Waals surface area (Å²) in [5.41, 5.74) is 1.39. The number of hydrogen-bond acceptors (Lipinski definition) is 4. The Kier molecular flexibility index (Phi) is 5.05. The molecule has 3 rings (SSSR count). The van der Waals surface area contributed by atoms with Crippen molar-refractivity contribution in [2.45, 2.75) is 103 Å². The molecule has 3 aliphatic rings. The molecular formula is C20H34B2O4. The first-order valence-corrected chi connectivity index (χ1v) is 9.96. The molecule has 0 aromatic rings. The van der Waals surface area contributed by atoms with Crippen molar-refractivity contribution in [1.82, 2.24) is 0 Å². The average molecular weight is 360 g/mol. The van der Waals surface area contributed by atoms with Gasteiger partial charge in [-0.15, -0.1) is 0 Å². The van der Waals surface area contributed by atoms with E-state index in [2.05, 4.69) is 67.3 Å². The van der Waals surface area contributed by atoms with Crippen molar-refractivity contribution in [3.05, 3.63) is 23.1 Å². The summed E-state index contributed by atoms with van der Waals surface area (Å²) in [7, 11) is -0.593. The predicted molar refractivity (Wildman–Crippen MR) is 107 cm³/mol. The molecule has 6 heteroatoms. The summed E-state index contributed by atoms with van der Waals surface area (Å²) in [4.78, 5) is 0. The fourth-order valence-electron chi connectivity index (χ4n) is 3.57. The van der Waals surface area contributed by atoms with Crippen molar-refractivity contribution in [1.29, 1.82) is 0 Å². The molecule has 3 fully saturated rings. The highest BCUT2D eigenvalue weighted by Gasteiger charge is 2.51. The second-order valence-corrected chi connectivity index (χ2v) is 9.84. The smallest absolute Gasteiger partial charge is 0.400 e. The zero-order chi connectivity index (χ0) is 19.4. The Morgan fingerprint density at radius 1 is 0.577 bits per heavy atom. The highest BCUT2D eigenvalue weighted by atomic mass is 16.7. The highest BCUT2D eigenvalue weighted by Crippen LogP contribution is 2.40. The summed E-state index contributed by atoms with van der Waals surface area (Å²) in [6, 6.07) is 0. The molecular weight excluding hydrogens is 326 g/mol. The van der Waals surface area contributed by atoms with Crippen LogP contribution in [0.25, 0.3) is 0 Å². The zero-order valence-electron chi connectivity index (χ0n) is 17.8. The van der Waals surface area contributed by atoms with Crippen LogP contribution in [0.15, 0.2) is 23.1 Å². The van der Waals surface area contributed by atoms with Gasteiger partial charge in [-0.3, -0.25) is 0 Å². The minimum atomic E-state index is -0.307. The normalized spacial score (nSPS) is 32.6. The van der Waals surface area contributed by atoms with E-state index >= 15 is 0 Å². The minimum absolute atomic E-state index is 0.296. The maximum absolute atomic E-state index is 6.16. The molecule has 26 heavy (non-hydrogen) atoms. The SMILES string of the molecule is CC1(C)OB(/C=C2\CCCC\C2=C/B2OC(C)(C)C(C)(C)O2)OC1(C)C. The van der Waals surface area contributed by atoms with Crippen molar-refractivity contribution in [2.75, 3.05) is 0 Å². The van der Waals surface area contributed by atoms with Crippen molar-refractivity contribution in [2.24, 2.45) is 0 Å². The van der Waals surface area contributed by atoms with Crippen LogP contribution in [0.1, 0.15) is 81.1 Å². The lowest BCUT2D eigenvalue weighted by Crippen LogP contribution is -2.41. The summed E-state index contributed by atoms with van der Waals surface area (Å²) in [5.74, 6) is 4.32. The first kappa shape index (κ1) is 20.2. The maximum atomic E-state index is 6.16. The van der Waals surface area contributed by atoms with Gasteiger partial charge < -0.3 is 18.6 Å². The molecule has 0 unspecified atom stereocenters. The summed E-state index contributed by atoms with van der Waals surface area (Å²) >= 11 is 0. The third kappa shape index (κ3) is 3.71.